The third-order valence-corrected chi connectivity index (χ3v) is 4.66. The zero-order valence-corrected chi connectivity index (χ0v) is 14.1. The van der Waals surface area contributed by atoms with E-state index in [0.717, 1.165) is 5.56 Å². The second-order valence-electron chi connectivity index (χ2n) is 6.55. The lowest BCUT2D eigenvalue weighted by atomic mass is 9.86. The molecule has 1 aromatic carbocycles. The first-order valence-electron chi connectivity index (χ1n) is 8.63. The van der Waals surface area contributed by atoms with Crippen LogP contribution in [0, 0.1) is 5.92 Å². The Kier molecular flexibility index (Phi) is 7.21. The number of aliphatic hydroxyl groups excluding tert-OH is 2. The van der Waals surface area contributed by atoms with Crippen LogP contribution >= 0.6 is 0 Å². The topological polar surface area (TPSA) is 119 Å². The van der Waals surface area contributed by atoms with E-state index < -0.39 is 24.1 Å². The van der Waals surface area contributed by atoms with Crippen LogP contribution in [0.4, 0.5) is 4.79 Å². The van der Waals surface area contributed by atoms with Crippen molar-refractivity contribution in [1.82, 2.24) is 10.6 Å². The van der Waals surface area contributed by atoms with Crippen LogP contribution in [0.3, 0.4) is 0 Å². The van der Waals surface area contributed by atoms with E-state index in [0.29, 0.717) is 25.7 Å². The van der Waals surface area contributed by atoms with Gasteiger partial charge in [0.05, 0.1) is 24.7 Å². The Balaban J connectivity index is 1.77. The van der Waals surface area contributed by atoms with Crippen LogP contribution < -0.4 is 10.6 Å². The molecule has 2 unspecified atom stereocenters. The van der Waals surface area contributed by atoms with Gasteiger partial charge in [-0.2, -0.15) is 0 Å². The number of amides is 2. The van der Waals surface area contributed by atoms with Gasteiger partial charge in [-0.25, -0.2) is 4.79 Å². The number of urea groups is 1. The van der Waals surface area contributed by atoms with Crippen molar-refractivity contribution in [2.45, 2.75) is 50.3 Å². The lowest BCUT2D eigenvalue weighted by molar-refractivity contribution is -0.142. The number of carboxylic acid groups (broad SMARTS) is 1. The number of aliphatic carboxylic acids is 1. The highest BCUT2D eigenvalue weighted by molar-refractivity contribution is 5.74. The summed E-state index contributed by atoms with van der Waals surface area (Å²) in [5.74, 6) is -1.11. The molecule has 7 heteroatoms. The maximum absolute atomic E-state index is 12.1. The van der Waals surface area contributed by atoms with Gasteiger partial charge in [0, 0.05) is 6.04 Å². The van der Waals surface area contributed by atoms with Crippen molar-refractivity contribution in [2.75, 3.05) is 6.61 Å². The number of hydrogen-bond acceptors (Lipinski definition) is 4. The summed E-state index contributed by atoms with van der Waals surface area (Å²) in [7, 11) is 0. The number of benzene rings is 1. The molecule has 1 aromatic rings. The van der Waals surface area contributed by atoms with Crippen molar-refractivity contribution < 1.29 is 24.9 Å². The molecule has 1 aliphatic carbocycles. The standard InChI is InChI=1S/C18H26N2O5/c21-11-15(10-16(22)12-4-2-1-3-5-12)20-18(25)19-14-8-6-13(7-9-14)17(23)24/h1-5,13-16,21-22H,6-11H2,(H,23,24)(H2,19,20,25). The summed E-state index contributed by atoms with van der Waals surface area (Å²) in [5, 5.41) is 34.1. The van der Waals surface area contributed by atoms with Crippen LogP contribution in [0.1, 0.15) is 43.8 Å². The van der Waals surface area contributed by atoms with Gasteiger partial charge in [0.25, 0.3) is 0 Å². The zero-order chi connectivity index (χ0) is 18.2. The molecular weight excluding hydrogens is 324 g/mol. The predicted molar refractivity (Wildman–Crippen MR) is 91.9 cm³/mol. The highest BCUT2D eigenvalue weighted by atomic mass is 16.4. The first kappa shape index (κ1) is 19.2. The Morgan fingerprint density at radius 3 is 2.32 bits per heavy atom. The molecule has 0 spiro atoms. The predicted octanol–water partition coefficient (Wildman–Crippen LogP) is 1.41. The zero-order valence-electron chi connectivity index (χ0n) is 14.1. The molecule has 138 valence electrons. The fourth-order valence-electron chi connectivity index (χ4n) is 3.16. The third-order valence-electron chi connectivity index (χ3n) is 4.66. The maximum Gasteiger partial charge on any atom is 0.315 e. The van der Waals surface area contributed by atoms with Crippen LogP contribution in [0.15, 0.2) is 30.3 Å². The first-order valence-corrected chi connectivity index (χ1v) is 8.63. The molecule has 2 rings (SSSR count). The number of aliphatic hydroxyl groups is 2. The Morgan fingerprint density at radius 2 is 1.76 bits per heavy atom. The van der Waals surface area contributed by atoms with Gasteiger partial charge in [-0.3, -0.25) is 4.79 Å². The van der Waals surface area contributed by atoms with Crippen molar-refractivity contribution in [1.29, 1.82) is 0 Å². The molecule has 0 aromatic heterocycles. The monoisotopic (exact) mass is 350 g/mol. The summed E-state index contributed by atoms with van der Waals surface area (Å²) in [5.41, 5.74) is 0.732. The molecule has 2 amide bonds. The van der Waals surface area contributed by atoms with Gasteiger partial charge < -0.3 is 26.0 Å². The fraction of sp³-hybridized carbons (Fsp3) is 0.556. The van der Waals surface area contributed by atoms with Crippen molar-refractivity contribution in [2.24, 2.45) is 5.92 Å². The molecule has 5 N–H and O–H groups in total. The summed E-state index contributed by atoms with van der Waals surface area (Å²) < 4.78 is 0. The van der Waals surface area contributed by atoms with Gasteiger partial charge in [0.2, 0.25) is 0 Å². The molecule has 1 aliphatic rings. The molecular formula is C18H26N2O5. The van der Waals surface area contributed by atoms with Gasteiger partial charge in [-0.1, -0.05) is 30.3 Å². The summed E-state index contributed by atoms with van der Waals surface area (Å²) in [6, 6.07) is 8.04. The van der Waals surface area contributed by atoms with Gasteiger partial charge in [0.1, 0.15) is 0 Å². The smallest absolute Gasteiger partial charge is 0.315 e. The summed E-state index contributed by atoms with van der Waals surface area (Å²) in [6.07, 6.45) is 1.79. The molecule has 0 radical (unpaired) electrons. The molecule has 2 atom stereocenters. The van der Waals surface area contributed by atoms with Crippen LogP contribution in [0.2, 0.25) is 0 Å². The molecule has 1 saturated carbocycles. The van der Waals surface area contributed by atoms with Gasteiger partial charge in [-0.15, -0.1) is 0 Å². The molecule has 1 fully saturated rings. The van der Waals surface area contributed by atoms with Gasteiger partial charge >= 0.3 is 12.0 Å². The van der Waals surface area contributed by atoms with Crippen molar-refractivity contribution >= 4 is 12.0 Å². The summed E-state index contributed by atoms with van der Waals surface area (Å²) >= 11 is 0. The van der Waals surface area contributed by atoms with Crippen LogP contribution in [-0.4, -0.2) is 46.0 Å². The molecule has 7 nitrogen and oxygen atoms in total. The fourth-order valence-corrected chi connectivity index (χ4v) is 3.16. The van der Waals surface area contributed by atoms with Crippen LogP contribution in [0.5, 0.6) is 0 Å². The molecule has 0 saturated heterocycles. The lowest BCUT2D eigenvalue weighted by Gasteiger charge is -2.28. The number of hydrogen-bond donors (Lipinski definition) is 5. The van der Waals surface area contributed by atoms with Crippen molar-refractivity contribution in [3.8, 4) is 0 Å². The second-order valence-corrected chi connectivity index (χ2v) is 6.55. The number of nitrogens with one attached hydrogen (secondary N) is 2. The van der Waals surface area contributed by atoms with Crippen LogP contribution in [-0.2, 0) is 4.79 Å². The summed E-state index contributed by atoms with van der Waals surface area (Å²) in [4.78, 5) is 23.0. The van der Waals surface area contributed by atoms with E-state index in [1.807, 2.05) is 18.2 Å². The van der Waals surface area contributed by atoms with Crippen LogP contribution in [0.25, 0.3) is 0 Å². The highest BCUT2D eigenvalue weighted by Gasteiger charge is 2.27. The Hall–Kier alpha value is -2.12. The Bertz CT molecular complexity index is 558. The SMILES string of the molecule is O=C(NC1CCC(C(=O)O)CC1)NC(CO)CC(O)c1ccccc1. The number of rotatable bonds is 7. The Morgan fingerprint density at radius 1 is 1.12 bits per heavy atom. The highest BCUT2D eigenvalue weighted by Crippen LogP contribution is 2.24. The summed E-state index contributed by atoms with van der Waals surface area (Å²) in [6.45, 7) is -0.275. The lowest BCUT2D eigenvalue weighted by Crippen LogP contribution is -2.49. The molecule has 0 heterocycles. The van der Waals surface area contributed by atoms with E-state index in [2.05, 4.69) is 10.6 Å². The van der Waals surface area contributed by atoms with E-state index in [-0.39, 0.29) is 25.0 Å². The average molecular weight is 350 g/mol. The molecule has 0 bridgehead atoms. The number of carbonyl (C=O) groups excluding carboxylic acids is 1. The van der Waals surface area contributed by atoms with Gasteiger partial charge in [-0.05, 0) is 37.7 Å². The first-order chi connectivity index (χ1) is 12.0. The van der Waals surface area contributed by atoms with Crippen molar-refractivity contribution in [3.63, 3.8) is 0 Å². The third kappa shape index (κ3) is 6.03. The molecule has 0 aliphatic heterocycles. The van der Waals surface area contributed by atoms with E-state index in [9.17, 15) is 19.8 Å². The van der Waals surface area contributed by atoms with Gasteiger partial charge in [0.15, 0.2) is 0 Å². The second kappa shape index (κ2) is 9.39. The largest absolute Gasteiger partial charge is 0.481 e. The minimum atomic E-state index is -0.779. The quantitative estimate of drug-likeness (QED) is 0.509. The van der Waals surface area contributed by atoms with E-state index >= 15 is 0 Å². The molecule has 25 heavy (non-hydrogen) atoms. The van der Waals surface area contributed by atoms with E-state index in [1.54, 1.807) is 12.1 Å². The van der Waals surface area contributed by atoms with E-state index in [1.165, 1.54) is 0 Å². The minimum absolute atomic E-state index is 0.0611. The average Bonchev–Trinajstić information content (AvgIpc) is 2.62. The normalized spacial score (nSPS) is 22.6. The number of carbonyl (C=O) groups is 2. The van der Waals surface area contributed by atoms with Crippen molar-refractivity contribution in [3.05, 3.63) is 35.9 Å². The number of carboxylic acids is 1. The Labute approximate surface area is 147 Å². The van der Waals surface area contributed by atoms with E-state index in [4.69, 9.17) is 5.11 Å². The minimum Gasteiger partial charge on any atom is -0.481 e. The maximum atomic E-state index is 12.1.